The third kappa shape index (κ3) is 1.58. The fourth-order valence-electron chi connectivity index (χ4n) is 1.03. The van der Waals surface area contributed by atoms with E-state index in [2.05, 4.69) is 9.47 Å². The second-order valence-corrected chi connectivity index (χ2v) is 2.60. The number of aliphatic hydroxyl groups excluding tert-OH is 4. The Bertz CT molecular complexity index is 146. The summed E-state index contributed by atoms with van der Waals surface area (Å²) in [5, 5.41) is 36.2. The van der Waals surface area contributed by atoms with Crippen LogP contribution in [0.4, 0.5) is 0 Å². The summed E-state index contributed by atoms with van der Waals surface area (Å²) in [6.07, 6.45) is -6.97. The van der Waals surface area contributed by atoms with Gasteiger partial charge in [-0.05, 0) is 0 Å². The van der Waals surface area contributed by atoms with Gasteiger partial charge in [-0.25, -0.2) is 0 Å². The summed E-state index contributed by atoms with van der Waals surface area (Å²) in [4.78, 5) is 0. The Hall–Kier alpha value is -0.240. The van der Waals surface area contributed by atoms with Gasteiger partial charge in [0.1, 0.15) is 18.3 Å². The van der Waals surface area contributed by atoms with Crippen LogP contribution in [0.2, 0.25) is 0 Å². The Morgan fingerprint density at radius 1 is 1.00 bits per heavy atom. The van der Waals surface area contributed by atoms with E-state index in [4.69, 9.17) is 20.4 Å². The Morgan fingerprint density at radius 3 is 2.08 bits per heavy atom. The molecular weight excluding hydrogens is 168 g/mol. The van der Waals surface area contributed by atoms with E-state index in [-0.39, 0.29) is 0 Å². The molecule has 12 heavy (non-hydrogen) atoms. The van der Waals surface area contributed by atoms with Gasteiger partial charge < -0.3 is 29.9 Å². The van der Waals surface area contributed by atoms with Crippen LogP contribution < -0.4 is 0 Å². The van der Waals surface area contributed by atoms with Gasteiger partial charge in [0, 0.05) is 7.11 Å². The standard InChI is InChI=1S/C6H12O6/c1-11-6-4(9)2(7)3(8)5(10)12-6/h2-10H,1H3/t2-,3+,4+,5?,6-/m0/s1. The highest BCUT2D eigenvalue weighted by atomic mass is 16.7. The highest BCUT2D eigenvalue weighted by Crippen LogP contribution is 2.19. The van der Waals surface area contributed by atoms with Gasteiger partial charge in [-0.2, -0.15) is 0 Å². The number of methoxy groups -OCH3 is 1. The largest absolute Gasteiger partial charge is 0.387 e. The zero-order valence-electron chi connectivity index (χ0n) is 6.49. The van der Waals surface area contributed by atoms with E-state index in [1.807, 2.05) is 0 Å². The summed E-state index contributed by atoms with van der Waals surface area (Å²) in [7, 11) is 1.25. The molecule has 0 aromatic heterocycles. The number of aliphatic hydroxyl groups is 4. The smallest absolute Gasteiger partial charge is 0.188 e. The SMILES string of the molecule is CO[C@H]1OC(O)[C@H](O)[C@H](O)[C@H]1O. The quantitative estimate of drug-likeness (QED) is 0.353. The van der Waals surface area contributed by atoms with Crippen molar-refractivity contribution in [2.24, 2.45) is 0 Å². The van der Waals surface area contributed by atoms with Crippen molar-refractivity contribution in [3.05, 3.63) is 0 Å². The lowest BCUT2D eigenvalue weighted by Crippen LogP contribution is -2.57. The molecule has 0 saturated carbocycles. The van der Waals surface area contributed by atoms with Gasteiger partial charge in [0.25, 0.3) is 0 Å². The molecule has 1 saturated heterocycles. The topological polar surface area (TPSA) is 99.4 Å². The molecule has 0 spiro atoms. The Kier molecular flexibility index (Phi) is 2.99. The van der Waals surface area contributed by atoms with Crippen molar-refractivity contribution in [3.63, 3.8) is 0 Å². The van der Waals surface area contributed by atoms with Gasteiger partial charge in [0.2, 0.25) is 0 Å². The fourth-order valence-corrected chi connectivity index (χ4v) is 1.03. The summed E-state index contributed by atoms with van der Waals surface area (Å²) in [5.41, 5.74) is 0. The zero-order chi connectivity index (χ0) is 9.30. The maximum Gasteiger partial charge on any atom is 0.188 e. The van der Waals surface area contributed by atoms with E-state index in [0.29, 0.717) is 0 Å². The van der Waals surface area contributed by atoms with Crippen LogP contribution >= 0.6 is 0 Å². The molecule has 1 heterocycles. The average molecular weight is 180 g/mol. The normalized spacial score (nSPS) is 49.2. The molecule has 5 atom stereocenters. The molecule has 1 fully saturated rings. The third-order valence-electron chi connectivity index (χ3n) is 1.78. The van der Waals surface area contributed by atoms with Gasteiger partial charge in [0.15, 0.2) is 12.6 Å². The lowest BCUT2D eigenvalue weighted by molar-refractivity contribution is -0.334. The molecule has 1 rings (SSSR count). The van der Waals surface area contributed by atoms with Crippen LogP contribution in [0.5, 0.6) is 0 Å². The minimum absolute atomic E-state index is 1.11. The van der Waals surface area contributed by atoms with Crippen LogP contribution in [0.3, 0.4) is 0 Å². The van der Waals surface area contributed by atoms with E-state index in [9.17, 15) is 0 Å². The minimum atomic E-state index is -1.53. The number of hydrogen-bond donors (Lipinski definition) is 4. The fraction of sp³-hybridized carbons (Fsp3) is 1.00. The molecule has 6 heteroatoms. The Balaban J connectivity index is 2.63. The number of hydrogen-bond acceptors (Lipinski definition) is 6. The Labute approximate surface area is 69.0 Å². The molecule has 1 unspecified atom stereocenters. The second-order valence-electron chi connectivity index (χ2n) is 2.60. The third-order valence-corrected chi connectivity index (χ3v) is 1.78. The van der Waals surface area contributed by atoms with E-state index >= 15 is 0 Å². The molecule has 0 aromatic carbocycles. The lowest BCUT2D eigenvalue weighted by Gasteiger charge is -2.37. The first-order valence-corrected chi connectivity index (χ1v) is 3.48. The van der Waals surface area contributed by atoms with Crippen LogP contribution in [0.15, 0.2) is 0 Å². The zero-order valence-corrected chi connectivity index (χ0v) is 6.49. The predicted octanol–water partition coefficient (Wildman–Crippen LogP) is -2.61. The summed E-state index contributed by atoms with van der Waals surface area (Å²) in [6.45, 7) is 0. The first-order chi connectivity index (χ1) is 5.57. The van der Waals surface area contributed by atoms with Crippen LogP contribution in [0.1, 0.15) is 0 Å². The van der Waals surface area contributed by atoms with Crippen molar-refractivity contribution >= 4 is 0 Å². The van der Waals surface area contributed by atoms with Crippen molar-refractivity contribution in [2.45, 2.75) is 30.9 Å². The van der Waals surface area contributed by atoms with Crippen molar-refractivity contribution < 1.29 is 29.9 Å². The monoisotopic (exact) mass is 180 g/mol. The number of rotatable bonds is 1. The van der Waals surface area contributed by atoms with Gasteiger partial charge in [-0.15, -0.1) is 0 Å². The van der Waals surface area contributed by atoms with Crippen LogP contribution in [0, 0.1) is 0 Å². The summed E-state index contributed by atoms with van der Waals surface area (Å²) < 4.78 is 9.19. The molecule has 72 valence electrons. The van der Waals surface area contributed by atoms with Gasteiger partial charge in [0.05, 0.1) is 0 Å². The van der Waals surface area contributed by atoms with E-state index in [1.165, 1.54) is 7.11 Å². The van der Waals surface area contributed by atoms with Crippen molar-refractivity contribution in [3.8, 4) is 0 Å². The van der Waals surface area contributed by atoms with Crippen LogP contribution in [-0.2, 0) is 9.47 Å². The molecule has 0 radical (unpaired) electrons. The predicted molar refractivity (Wildman–Crippen MR) is 35.9 cm³/mol. The van der Waals surface area contributed by atoms with E-state index < -0.39 is 30.9 Å². The molecule has 0 bridgehead atoms. The van der Waals surface area contributed by atoms with E-state index in [0.717, 1.165) is 0 Å². The minimum Gasteiger partial charge on any atom is -0.387 e. The highest BCUT2D eigenvalue weighted by Gasteiger charge is 2.43. The highest BCUT2D eigenvalue weighted by molar-refractivity contribution is 4.84. The van der Waals surface area contributed by atoms with E-state index in [1.54, 1.807) is 0 Å². The summed E-state index contributed by atoms with van der Waals surface area (Å²) in [6, 6.07) is 0. The molecule has 6 nitrogen and oxygen atoms in total. The molecule has 4 N–H and O–H groups in total. The van der Waals surface area contributed by atoms with Gasteiger partial charge >= 0.3 is 0 Å². The van der Waals surface area contributed by atoms with Crippen LogP contribution in [0.25, 0.3) is 0 Å². The van der Waals surface area contributed by atoms with Crippen molar-refractivity contribution in [1.82, 2.24) is 0 Å². The number of ether oxygens (including phenoxy) is 2. The van der Waals surface area contributed by atoms with Crippen molar-refractivity contribution in [1.29, 1.82) is 0 Å². The lowest BCUT2D eigenvalue weighted by atomic mass is 10.0. The van der Waals surface area contributed by atoms with Crippen LogP contribution in [-0.4, -0.2) is 58.4 Å². The summed E-state index contributed by atoms with van der Waals surface area (Å²) >= 11 is 0. The molecule has 0 aliphatic carbocycles. The molecule has 0 aromatic rings. The molecule has 1 aliphatic heterocycles. The Morgan fingerprint density at radius 2 is 1.58 bits per heavy atom. The van der Waals surface area contributed by atoms with Crippen molar-refractivity contribution in [2.75, 3.05) is 7.11 Å². The average Bonchev–Trinajstić information content (AvgIpc) is 2.08. The van der Waals surface area contributed by atoms with Gasteiger partial charge in [-0.1, -0.05) is 0 Å². The molecule has 1 aliphatic rings. The maximum absolute atomic E-state index is 9.15. The molecule has 0 amide bonds. The molecular formula is C6H12O6. The van der Waals surface area contributed by atoms with Gasteiger partial charge in [-0.3, -0.25) is 0 Å². The maximum atomic E-state index is 9.15. The first-order valence-electron chi connectivity index (χ1n) is 3.48. The first kappa shape index (κ1) is 9.85. The second kappa shape index (κ2) is 3.65. The summed E-state index contributed by atoms with van der Waals surface area (Å²) in [5.74, 6) is 0.